The van der Waals surface area contributed by atoms with E-state index in [0.29, 0.717) is 12.5 Å². The van der Waals surface area contributed by atoms with E-state index in [0.717, 1.165) is 12.2 Å². The summed E-state index contributed by atoms with van der Waals surface area (Å²) in [6.07, 6.45) is 0.597. The molecule has 0 aliphatic rings. The molecule has 0 aromatic heterocycles. The van der Waals surface area contributed by atoms with Gasteiger partial charge in [0, 0.05) is 0 Å². The average molecular weight is 194 g/mol. The van der Waals surface area contributed by atoms with Gasteiger partial charge in [-0.25, -0.2) is 0 Å². The molecule has 78 valence electrons. The predicted octanol–water partition coefficient (Wildman–Crippen LogP) is 2.47. The van der Waals surface area contributed by atoms with Crippen LogP contribution in [0.15, 0.2) is 30.3 Å². The van der Waals surface area contributed by atoms with Crippen molar-refractivity contribution in [1.29, 1.82) is 0 Å². The third-order valence-corrected chi connectivity index (χ3v) is 2.46. The van der Waals surface area contributed by atoms with E-state index in [-0.39, 0.29) is 6.10 Å². The van der Waals surface area contributed by atoms with Gasteiger partial charge in [0.05, 0.1) is 6.10 Å². The van der Waals surface area contributed by atoms with Crippen molar-refractivity contribution in [3.8, 4) is 5.75 Å². The molecule has 1 rings (SSSR count). The second-order valence-electron chi connectivity index (χ2n) is 3.58. The number of benzene rings is 1. The van der Waals surface area contributed by atoms with E-state index in [4.69, 9.17) is 4.74 Å². The lowest BCUT2D eigenvalue weighted by molar-refractivity contribution is 0.0622. The highest BCUT2D eigenvalue weighted by molar-refractivity contribution is 5.20. The molecule has 0 fully saturated rings. The van der Waals surface area contributed by atoms with Gasteiger partial charge in [-0.3, -0.25) is 0 Å². The van der Waals surface area contributed by atoms with Gasteiger partial charge in [-0.1, -0.05) is 38.5 Å². The standard InChI is InChI=1S/C12H18O2/c1-3-10(2)12(13)9-14-11-7-5-4-6-8-11/h4-8,10,12-13H,3,9H2,1-2H3. The third-order valence-electron chi connectivity index (χ3n) is 2.46. The van der Waals surface area contributed by atoms with Crippen LogP contribution in [-0.4, -0.2) is 17.8 Å². The van der Waals surface area contributed by atoms with Crippen LogP contribution in [0.1, 0.15) is 20.3 Å². The average Bonchev–Trinajstić information content (AvgIpc) is 2.26. The van der Waals surface area contributed by atoms with E-state index < -0.39 is 0 Å². The minimum absolute atomic E-state index is 0.290. The fourth-order valence-electron chi connectivity index (χ4n) is 1.13. The zero-order chi connectivity index (χ0) is 10.4. The van der Waals surface area contributed by atoms with E-state index in [1.165, 1.54) is 0 Å². The van der Waals surface area contributed by atoms with Crippen molar-refractivity contribution in [2.24, 2.45) is 5.92 Å². The van der Waals surface area contributed by atoms with Gasteiger partial charge in [0.15, 0.2) is 0 Å². The molecule has 0 spiro atoms. The van der Waals surface area contributed by atoms with E-state index in [2.05, 4.69) is 6.92 Å². The van der Waals surface area contributed by atoms with Crippen molar-refractivity contribution in [2.75, 3.05) is 6.61 Å². The first kappa shape index (κ1) is 11.1. The number of ether oxygens (including phenoxy) is 1. The first-order chi connectivity index (χ1) is 6.74. The van der Waals surface area contributed by atoms with Crippen LogP contribution >= 0.6 is 0 Å². The molecule has 0 saturated carbocycles. The van der Waals surface area contributed by atoms with Crippen molar-refractivity contribution in [3.63, 3.8) is 0 Å². The maximum absolute atomic E-state index is 9.65. The number of hydrogen-bond acceptors (Lipinski definition) is 2. The summed E-state index contributed by atoms with van der Waals surface area (Å²) in [4.78, 5) is 0. The fraction of sp³-hybridized carbons (Fsp3) is 0.500. The maximum Gasteiger partial charge on any atom is 0.119 e. The largest absolute Gasteiger partial charge is 0.491 e. The van der Waals surface area contributed by atoms with E-state index in [9.17, 15) is 5.11 Å². The Hall–Kier alpha value is -1.02. The Morgan fingerprint density at radius 2 is 1.93 bits per heavy atom. The lowest BCUT2D eigenvalue weighted by atomic mass is 10.0. The fourth-order valence-corrected chi connectivity index (χ4v) is 1.13. The van der Waals surface area contributed by atoms with Gasteiger partial charge in [-0.05, 0) is 18.1 Å². The normalized spacial score (nSPS) is 14.8. The summed E-state index contributed by atoms with van der Waals surface area (Å²) in [6.45, 7) is 4.47. The lowest BCUT2D eigenvalue weighted by Crippen LogP contribution is -2.24. The second kappa shape index (κ2) is 5.66. The first-order valence-electron chi connectivity index (χ1n) is 5.10. The van der Waals surface area contributed by atoms with E-state index in [1.807, 2.05) is 37.3 Å². The molecule has 0 saturated heterocycles. The molecular weight excluding hydrogens is 176 g/mol. The lowest BCUT2D eigenvalue weighted by Gasteiger charge is -2.17. The van der Waals surface area contributed by atoms with Gasteiger partial charge >= 0.3 is 0 Å². The molecule has 14 heavy (non-hydrogen) atoms. The van der Waals surface area contributed by atoms with Gasteiger partial charge in [0.25, 0.3) is 0 Å². The van der Waals surface area contributed by atoms with Crippen LogP contribution in [0.3, 0.4) is 0 Å². The van der Waals surface area contributed by atoms with E-state index in [1.54, 1.807) is 0 Å². The van der Waals surface area contributed by atoms with Crippen LogP contribution in [0.2, 0.25) is 0 Å². The minimum Gasteiger partial charge on any atom is -0.491 e. The van der Waals surface area contributed by atoms with Crippen molar-refractivity contribution in [2.45, 2.75) is 26.4 Å². The monoisotopic (exact) mass is 194 g/mol. The Morgan fingerprint density at radius 3 is 2.50 bits per heavy atom. The first-order valence-corrected chi connectivity index (χ1v) is 5.10. The van der Waals surface area contributed by atoms with Gasteiger partial charge in [0.2, 0.25) is 0 Å². The minimum atomic E-state index is -0.375. The summed E-state index contributed by atoms with van der Waals surface area (Å²) >= 11 is 0. The van der Waals surface area contributed by atoms with Gasteiger partial charge in [-0.2, -0.15) is 0 Å². The van der Waals surface area contributed by atoms with E-state index >= 15 is 0 Å². The zero-order valence-electron chi connectivity index (χ0n) is 8.81. The quantitative estimate of drug-likeness (QED) is 0.780. The molecule has 0 bridgehead atoms. The molecule has 2 unspecified atom stereocenters. The SMILES string of the molecule is CCC(C)C(O)COc1ccccc1. The molecule has 0 radical (unpaired) electrons. The molecule has 0 amide bonds. The maximum atomic E-state index is 9.65. The highest BCUT2D eigenvalue weighted by atomic mass is 16.5. The molecule has 0 aliphatic heterocycles. The van der Waals surface area contributed by atoms with Crippen molar-refractivity contribution >= 4 is 0 Å². The third kappa shape index (κ3) is 3.38. The summed E-state index contributed by atoms with van der Waals surface area (Å²) in [5.74, 6) is 1.11. The van der Waals surface area contributed by atoms with Crippen LogP contribution in [-0.2, 0) is 0 Å². The van der Waals surface area contributed by atoms with Crippen LogP contribution in [0.4, 0.5) is 0 Å². The van der Waals surface area contributed by atoms with Crippen LogP contribution in [0, 0.1) is 5.92 Å². The van der Waals surface area contributed by atoms with Gasteiger partial charge in [-0.15, -0.1) is 0 Å². The number of aliphatic hydroxyl groups excluding tert-OH is 1. The van der Waals surface area contributed by atoms with Crippen molar-refractivity contribution in [3.05, 3.63) is 30.3 Å². The summed E-state index contributed by atoms with van der Waals surface area (Å²) in [6, 6.07) is 9.57. The summed E-state index contributed by atoms with van der Waals surface area (Å²) in [5, 5.41) is 9.65. The highest BCUT2D eigenvalue weighted by Crippen LogP contribution is 2.12. The summed E-state index contributed by atoms with van der Waals surface area (Å²) in [5.41, 5.74) is 0. The molecule has 2 heteroatoms. The molecule has 2 nitrogen and oxygen atoms in total. The summed E-state index contributed by atoms with van der Waals surface area (Å²) < 4.78 is 5.44. The van der Waals surface area contributed by atoms with Crippen molar-refractivity contribution in [1.82, 2.24) is 0 Å². The molecule has 1 N–H and O–H groups in total. The van der Waals surface area contributed by atoms with Gasteiger partial charge in [0.1, 0.15) is 12.4 Å². The predicted molar refractivity (Wildman–Crippen MR) is 57.4 cm³/mol. The Balaban J connectivity index is 2.34. The molecule has 2 atom stereocenters. The van der Waals surface area contributed by atoms with Crippen LogP contribution in [0.25, 0.3) is 0 Å². The van der Waals surface area contributed by atoms with Gasteiger partial charge < -0.3 is 9.84 Å². The topological polar surface area (TPSA) is 29.5 Å². The number of aliphatic hydroxyl groups is 1. The number of rotatable bonds is 5. The molecular formula is C12H18O2. The Bertz CT molecular complexity index is 246. The summed E-state index contributed by atoms with van der Waals surface area (Å²) in [7, 11) is 0. The van der Waals surface area contributed by atoms with Crippen LogP contribution < -0.4 is 4.74 Å². The Labute approximate surface area is 85.5 Å². The van der Waals surface area contributed by atoms with Crippen molar-refractivity contribution < 1.29 is 9.84 Å². The van der Waals surface area contributed by atoms with Crippen LogP contribution in [0.5, 0.6) is 5.75 Å². The second-order valence-corrected chi connectivity index (χ2v) is 3.58. The smallest absolute Gasteiger partial charge is 0.119 e. The Morgan fingerprint density at radius 1 is 1.29 bits per heavy atom. The molecule has 1 aromatic carbocycles. The number of para-hydroxylation sites is 1. The molecule has 1 aromatic rings. The molecule has 0 heterocycles. The molecule has 0 aliphatic carbocycles. The highest BCUT2D eigenvalue weighted by Gasteiger charge is 2.12. The zero-order valence-corrected chi connectivity index (χ0v) is 8.81. The Kier molecular flexibility index (Phi) is 4.47. The number of hydrogen-bond donors (Lipinski definition) is 1.